The van der Waals surface area contributed by atoms with Crippen molar-refractivity contribution in [1.82, 2.24) is 20.2 Å². The molecule has 80 valence electrons. The van der Waals surface area contributed by atoms with Crippen molar-refractivity contribution in [3.63, 3.8) is 0 Å². The highest BCUT2D eigenvalue weighted by Gasteiger charge is 2.12. The number of aromatic nitrogens is 4. The maximum Gasteiger partial charge on any atom is 0.224 e. The van der Waals surface area contributed by atoms with E-state index in [4.69, 9.17) is 11.6 Å². The number of aryl methyl sites for hydroxylation is 1. The van der Waals surface area contributed by atoms with Crippen LogP contribution in [0.3, 0.4) is 0 Å². The van der Waals surface area contributed by atoms with Crippen LogP contribution in [0.1, 0.15) is 4.88 Å². The van der Waals surface area contributed by atoms with E-state index in [9.17, 15) is 0 Å². The Morgan fingerprint density at radius 1 is 1.38 bits per heavy atom. The van der Waals surface area contributed by atoms with Gasteiger partial charge in [0.25, 0.3) is 0 Å². The Bertz CT molecular complexity index is 658. The molecule has 0 aliphatic heterocycles. The van der Waals surface area contributed by atoms with Gasteiger partial charge in [-0.2, -0.15) is 10.1 Å². The minimum absolute atomic E-state index is 0.234. The van der Waals surface area contributed by atoms with Crippen LogP contribution >= 0.6 is 22.9 Å². The third-order valence-corrected chi connectivity index (χ3v) is 3.41. The summed E-state index contributed by atoms with van der Waals surface area (Å²) in [5, 5.41) is 9.92. The van der Waals surface area contributed by atoms with Gasteiger partial charge in [-0.25, -0.2) is 4.98 Å². The summed E-state index contributed by atoms with van der Waals surface area (Å²) in [5.74, 6) is 0. The SMILES string of the molecule is Cc1sccc1-c1nc(Cl)nc2[nH]ncc12. The highest BCUT2D eigenvalue weighted by atomic mass is 35.5. The highest BCUT2D eigenvalue weighted by molar-refractivity contribution is 7.10. The van der Waals surface area contributed by atoms with Crippen LogP contribution in [-0.4, -0.2) is 20.2 Å². The summed E-state index contributed by atoms with van der Waals surface area (Å²) in [6.45, 7) is 2.06. The molecule has 3 heterocycles. The van der Waals surface area contributed by atoms with Crippen molar-refractivity contribution in [2.45, 2.75) is 6.92 Å². The fourth-order valence-electron chi connectivity index (χ4n) is 1.64. The zero-order chi connectivity index (χ0) is 11.1. The third-order valence-electron chi connectivity index (χ3n) is 2.40. The van der Waals surface area contributed by atoms with Crippen molar-refractivity contribution in [2.75, 3.05) is 0 Å². The van der Waals surface area contributed by atoms with Crippen LogP contribution in [0.15, 0.2) is 17.6 Å². The van der Waals surface area contributed by atoms with Crippen molar-refractivity contribution >= 4 is 34.0 Å². The quantitative estimate of drug-likeness (QED) is 0.676. The molecule has 4 nitrogen and oxygen atoms in total. The van der Waals surface area contributed by atoms with Crippen LogP contribution < -0.4 is 0 Å². The van der Waals surface area contributed by atoms with Gasteiger partial charge in [-0.15, -0.1) is 11.3 Å². The van der Waals surface area contributed by atoms with E-state index in [0.717, 1.165) is 16.6 Å². The second-order valence-electron chi connectivity index (χ2n) is 3.36. The van der Waals surface area contributed by atoms with E-state index < -0.39 is 0 Å². The standard InChI is InChI=1S/C10H7ClN4S/c1-5-6(2-3-16-5)8-7-4-12-15-9(7)14-10(11)13-8/h2-4H,1H3,(H,12,13,14,15). The monoisotopic (exact) mass is 250 g/mol. The van der Waals surface area contributed by atoms with Crippen LogP contribution in [0.5, 0.6) is 0 Å². The van der Waals surface area contributed by atoms with E-state index in [1.807, 2.05) is 11.4 Å². The van der Waals surface area contributed by atoms with Gasteiger partial charge in [0, 0.05) is 10.4 Å². The van der Waals surface area contributed by atoms with Gasteiger partial charge in [-0.1, -0.05) is 0 Å². The van der Waals surface area contributed by atoms with E-state index in [1.54, 1.807) is 17.5 Å². The van der Waals surface area contributed by atoms with Crippen LogP contribution in [0.25, 0.3) is 22.3 Å². The van der Waals surface area contributed by atoms with Gasteiger partial charge in [0.05, 0.1) is 17.3 Å². The van der Waals surface area contributed by atoms with E-state index >= 15 is 0 Å². The predicted molar refractivity (Wildman–Crippen MR) is 64.7 cm³/mol. The number of nitrogens with zero attached hydrogens (tertiary/aromatic N) is 3. The van der Waals surface area contributed by atoms with Gasteiger partial charge < -0.3 is 0 Å². The van der Waals surface area contributed by atoms with Gasteiger partial charge in [0.2, 0.25) is 5.28 Å². The van der Waals surface area contributed by atoms with Crippen molar-refractivity contribution in [2.24, 2.45) is 0 Å². The molecule has 1 N–H and O–H groups in total. The lowest BCUT2D eigenvalue weighted by atomic mass is 10.1. The van der Waals surface area contributed by atoms with E-state index in [-0.39, 0.29) is 5.28 Å². The second-order valence-corrected chi connectivity index (χ2v) is 4.82. The molecule has 0 unspecified atom stereocenters. The summed E-state index contributed by atoms with van der Waals surface area (Å²) in [6, 6.07) is 2.03. The van der Waals surface area contributed by atoms with Crippen LogP contribution in [-0.2, 0) is 0 Å². The Labute approximate surface area is 100 Å². The minimum Gasteiger partial charge on any atom is -0.261 e. The first-order valence-electron chi connectivity index (χ1n) is 4.67. The number of nitrogens with one attached hydrogen (secondary N) is 1. The van der Waals surface area contributed by atoms with Gasteiger partial charge in [-0.05, 0) is 30.0 Å². The Morgan fingerprint density at radius 3 is 3.00 bits per heavy atom. The molecule has 6 heteroatoms. The van der Waals surface area contributed by atoms with Gasteiger partial charge in [0.1, 0.15) is 0 Å². The second kappa shape index (κ2) is 3.54. The summed E-state index contributed by atoms with van der Waals surface area (Å²) in [6.07, 6.45) is 1.72. The molecule has 0 atom stereocenters. The number of fused-ring (bicyclic) bond motifs is 1. The number of hydrogen-bond donors (Lipinski definition) is 1. The maximum absolute atomic E-state index is 5.88. The fraction of sp³-hybridized carbons (Fsp3) is 0.100. The molecule has 0 amide bonds. The number of thiophene rings is 1. The van der Waals surface area contributed by atoms with Gasteiger partial charge in [0.15, 0.2) is 5.65 Å². The first-order valence-corrected chi connectivity index (χ1v) is 5.92. The normalized spacial score (nSPS) is 11.1. The molecule has 3 aromatic rings. The molecule has 0 bridgehead atoms. The number of hydrogen-bond acceptors (Lipinski definition) is 4. The first kappa shape index (κ1) is 9.74. The number of aromatic amines is 1. The van der Waals surface area contributed by atoms with Crippen molar-refractivity contribution in [3.05, 3.63) is 27.8 Å². The Kier molecular flexibility index (Phi) is 2.15. The lowest BCUT2D eigenvalue weighted by Gasteiger charge is -2.01. The van der Waals surface area contributed by atoms with Gasteiger partial charge in [-0.3, -0.25) is 5.10 Å². The first-order chi connectivity index (χ1) is 7.75. The minimum atomic E-state index is 0.234. The average Bonchev–Trinajstić information content (AvgIpc) is 2.84. The van der Waals surface area contributed by atoms with Crippen LogP contribution in [0.4, 0.5) is 0 Å². The molecule has 0 fully saturated rings. The predicted octanol–water partition coefficient (Wildman–Crippen LogP) is 3.04. The Hall–Kier alpha value is -1.46. The number of halogens is 1. The lowest BCUT2D eigenvalue weighted by Crippen LogP contribution is -1.89. The van der Waals surface area contributed by atoms with Gasteiger partial charge >= 0.3 is 0 Å². The molecule has 0 saturated carbocycles. The molecule has 0 spiro atoms. The summed E-state index contributed by atoms with van der Waals surface area (Å²) in [5.41, 5.74) is 2.59. The number of H-pyrrole nitrogens is 1. The average molecular weight is 251 g/mol. The van der Waals surface area contributed by atoms with E-state index in [1.165, 1.54) is 4.88 Å². The zero-order valence-corrected chi connectivity index (χ0v) is 9.93. The summed E-state index contributed by atoms with van der Waals surface area (Å²) in [7, 11) is 0. The van der Waals surface area contributed by atoms with E-state index in [2.05, 4.69) is 27.1 Å². The smallest absolute Gasteiger partial charge is 0.224 e. The Morgan fingerprint density at radius 2 is 2.25 bits per heavy atom. The summed E-state index contributed by atoms with van der Waals surface area (Å²) >= 11 is 7.57. The van der Waals surface area contributed by atoms with E-state index in [0.29, 0.717) is 5.65 Å². The molecule has 0 aliphatic carbocycles. The lowest BCUT2D eigenvalue weighted by molar-refractivity contribution is 1.09. The van der Waals surface area contributed by atoms with Crippen molar-refractivity contribution < 1.29 is 0 Å². The number of rotatable bonds is 1. The molecule has 16 heavy (non-hydrogen) atoms. The fourth-order valence-corrected chi connectivity index (χ4v) is 2.51. The Balaban J connectivity index is 2.38. The van der Waals surface area contributed by atoms with Crippen LogP contribution in [0.2, 0.25) is 5.28 Å². The molecule has 3 aromatic heterocycles. The zero-order valence-electron chi connectivity index (χ0n) is 8.36. The topological polar surface area (TPSA) is 54.5 Å². The summed E-state index contributed by atoms with van der Waals surface area (Å²) < 4.78 is 0. The van der Waals surface area contributed by atoms with Crippen molar-refractivity contribution in [1.29, 1.82) is 0 Å². The molecular formula is C10H7ClN4S. The summed E-state index contributed by atoms with van der Waals surface area (Å²) in [4.78, 5) is 9.56. The molecule has 0 aliphatic rings. The highest BCUT2D eigenvalue weighted by Crippen LogP contribution is 2.31. The molecule has 0 aromatic carbocycles. The third kappa shape index (κ3) is 1.40. The molecule has 3 rings (SSSR count). The maximum atomic E-state index is 5.88. The molecule has 0 saturated heterocycles. The van der Waals surface area contributed by atoms with Crippen LogP contribution in [0, 0.1) is 6.92 Å². The molecule has 0 radical (unpaired) electrons. The largest absolute Gasteiger partial charge is 0.261 e. The van der Waals surface area contributed by atoms with Crippen molar-refractivity contribution in [3.8, 4) is 11.3 Å². The molecular weight excluding hydrogens is 244 g/mol.